The van der Waals surface area contributed by atoms with Crippen LogP contribution in [0.2, 0.25) is 0 Å². The second kappa shape index (κ2) is 8.22. The Morgan fingerprint density at radius 2 is 0.947 bits per heavy atom. The van der Waals surface area contributed by atoms with Crippen LogP contribution in [-0.4, -0.2) is 31.2 Å². The van der Waals surface area contributed by atoms with Crippen LogP contribution in [0.4, 0.5) is 0 Å². The van der Waals surface area contributed by atoms with Crippen LogP contribution in [-0.2, 0) is 0 Å². The van der Waals surface area contributed by atoms with Crippen molar-refractivity contribution in [3.8, 4) is 27.9 Å². The van der Waals surface area contributed by atoms with Crippen molar-refractivity contribution in [2.45, 2.75) is 0 Å². The number of hydrogen-bond donors (Lipinski definition) is 0. The summed E-state index contributed by atoms with van der Waals surface area (Å²) < 4.78 is 2.28. The third kappa shape index (κ3) is 3.07. The van der Waals surface area contributed by atoms with E-state index in [1.54, 1.807) is 0 Å². The van der Waals surface area contributed by atoms with Gasteiger partial charge >= 0.3 is 0 Å². The number of fused-ring (bicyclic) bond motifs is 6. The lowest BCUT2D eigenvalue weighted by atomic mass is 9.39. The molecule has 5 aromatic heterocycles. The van der Waals surface area contributed by atoms with Gasteiger partial charge in [-0.25, -0.2) is 0 Å². The molecule has 5 nitrogen and oxygen atoms in total. The Morgan fingerprint density at radius 3 is 1.50 bits per heavy atom. The molecule has 2 aromatic carbocycles. The molecule has 0 amide bonds. The van der Waals surface area contributed by atoms with Crippen molar-refractivity contribution in [2.24, 2.45) is 0 Å². The van der Waals surface area contributed by atoms with Crippen LogP contribution < -0.4 is 16.4 Å². The molecule has 0 atom stereocenters. The fraction of sp³-hybridized carbons (Fsp3) is 0. The van der Waals surface area contributed by atoms with Gasteiger partial charge in [-0.1, -0.05) is 52.8 Å². The summed E-state index contributed by atoms with van der Waals surface area (Å²) >= 11 is 0. The van der Waals surface area contributed by atoms with Crippen molar-refractivity contribution in [3.63, 3.8) is 0 Å². The zero-order valence-corrected chi connectivity index (χ0v) is 20.4. The van der Waals surface area contributed by atoms with Gasteiger partial charge in [-0.05, 0) is 58.7 Å². The van der Waals surface area contributed by atoms with Crippen molar-refractivity contribution in [2.75, 3.05) is 0 Å². The summed E-state index contributed by atoms with van der Waals surface area (Å²) in [5, 5.41) is 2.22. The molecule has 6 heteroatoms. The maximum absolute atomic E-state index is 4.36. The first-order valence-electron chi connectivity index (χ1n) is 12.6. The highest BCUT2D eigenvalue weighted by Crippen LogP contribution is 2.31. The lowest BCUT2D eigenvalue weighted by molar-refractivity contribution is 1.17. The zero-order valence-electron chi connectivity index (χ0n) is 20.4. The van der Waals surface area contributed by atoms with E-state index < -0.39 is 0 Å². The van der Waals surface area contributed by atoms with Gasteiger partial charge in [0.15, 0.2) is 0 Å². The van der Waals surface area contributed by atoms with Crippen LogP contribution in [0.5, 0.6) is 0 Å². The van der Waals surface area contributed by atoms with Crippen LogP contribution in [0.15, 0.2) is 122 Å². The molecular weight excluding hydrogens is 465 g/mol. The summed E-state index contributed by atoms with van der Waals surface area (Å²) in [7, 11) is 0. The molecule has 0 unspecified atom stereocenters. The Morgan fingerprint density at radius 1 is 0.474 bits per heavy atom. The van der Waals surface area contributed by atoms with Crippen molar-refractivity contribution in [3.05, 3.63) is 122 Å². The summed E-state index contributed by atoms with van der Waals surface area (Å²) in [4.78, 5) is 17.4. The average molecular weight is 485 g/mol. The SMILES string of the molecule is c1cc2c(cn1)-c1cnccc1B2c1ccc(-c2ccc(-n3c4ccncc4c4cnccc43)cc2)cc1. The predicted molar refractivity (Wildman–Crippen MR) is 154 cm³/mol. The summed E-state index contributed by atoms with van der Waals surface area (Å²) in [6.45, 7) is 0.196. The molecule has 38 heavy (non-hydrogen) atoms. The minimum absolute atomic E-state index is 0.196. The van der Waals surface area contributed by atoms with Gasteiger partial charge in [0.2, 0.25) is 6.71 Å². The number of pyridine rings is 4. The molecule has 0 radical (unpaired) electrons. The third-order valence-corrected chi connectivity index (χ3v) is 7.69. The molecule has 0 saturated carbocycles. The second-order valence-electron chi connectivity index (χ2n) is 9.65. The first kappa shape index (κ1) is 21.0. The first-order valence-corrected chi connectivity index (χ1v) is 12.6. The van der Waals surface area contributed by atoms with E-state index in [2.05, 4.69) is 97.3 Å². The standard InChI is InChI=1S/C32H20BN5/c1-5-23(33-29-9-13-34-17-25(29)26-18-35-14-10-30(26)33)6-2-21(1)22-3-7-24(8-4-22)38-31-11-15-36-19-27(31)28-20-37-16-12-32(28)38/h1-20H. The molecule has 8 rings (SSSR count). The minimum atomic E-state index is 0.196. The number of nitrogens with zero attached hydrogens (tertiary/aromatic N) is 5. The third-order valence-electron chi connectivity index (χ3n) is 7.69. The van der Waals surface area contributed by atoms with Gasteiger partial charge in [-0.15, -0.1) is 0 Å². The molecule has 0 bridgehead atoms. The van der Waals surface area contributed by atoms with Crippen molar-refractivity contribution in [1.82, 2.24) is 24.5 Å². The van der Waals surface area contributed by atoms with Gasteiger partial charge in [0.25, 0.3) is 0 Å². The van der Waals surface area contributed by atoms with E-state index in [0.29, 0.717) is 0 Å². The predicted octanol–water partition coefficient (Wildman–Crippen LogP) is 4.53. The van der Waals surface area contributed by atoms with Crippen LogP contribution in [0.1, 0.15) is 0 Å². The number of benzene rings is 2. The number of aromatic nitrogens is 5. The molecule has 0 fully saturated rings. The first-order chi connectivity index (χ1) is 18.9. The summed E-state index contributed by atoms with van der Waals surface area (Å²) in [5.74, 6) is 0. The van der Waals surface area contributed by atoms with Gasteiger partial charge in [-0.3, -0.25) is 19.9 Å². The Bertz CT molecular complexity index is 1880. The lowest BCUT2D eigenvalue weighted by Gasteiger charge is -2.12. The molecule has 0 saturated heterocycles. The molecule has 6 heterocycles. The van der Waals surface area contributed by atoms with Crippen LogP contribution in [0.3, 0.4) is 0 Å². The smallest absolute Gasteiger partial charge is 0.243 e. The second-order valence-corrected chi connectivity index (χ2v) is 9.65. The average Bonchev–Trinajstić information content (AvgIpc) is 3.51. The van der Waals surface area contributed by atoms with Gasteiger partial charge < -0.3 is 4.57 Å². The highest BCUT2D eigenvalue weighted by atomic mass is 15.0. The summed E-state index contributed by atoms with van der Waals surface area (Å²) in [6, 6.07) is 26.1. The lowest BCUT2D eigenvalue weighted by Crippen LogP contribution is -2.48. The number of hydrogen-bond acceptors (Lipinski definition) is 4. The molecule has 176 valence electrons. The summed E-state index contributed by atoms with van der Waals surface area (Å²) in [5.41, 5.74) is 12.0. The molecule has 7 aromatic rings. The maximum atomic E-state index is 4.36. The van der Waals surface area contributed by atoms with Crippen molar-refractivity contribution < 1.29 is 0 Å². The molecule has 0 aliphatic carbocycles. The van der Waals surface area contributed by atoms with Crippen LogP contribution >= 0.6 is 0 Å². The topological polar surface area (TPSA) is 56.5 Å². The van der Waals surface area contributed by atoms with E-state index in [9.17, 15) is 0 Å². The highest BCUT2D eigenvalue weighted by molar-refractivity contribution is 6.99. The molecule has 0 N–H and O–H groups in total. The van der Waals surface area contributed by atoms with Gasteiger partial charge in [0, 0.05) is 66.0 Å². The Labute approximate surface area is 219 Å². The van der Waals surface area contributed by atoms with Gasteiger partial charge in [0.05, 0.1) is 11.0 Å². The Kier molecular flexibility index (Phi) is 4.55. The maximum Gasteiger partial charge on any atom is 0.243 e. The highest BCUT2D eigenvalue weighted by Gasteiger charge is 2.33. The molecule has 1 aliphatic heterocycles. The van der Waals surface area contributed by atoms with Crippen molar-refractivity contribution in [1.29, 1.82) is 0 Å². The quantitative estimate of drug-likeness (QED) is 0.345. The van der Waals surface area contributed by atoms with E-state index in [0.717, 1.165) is 27.5 Å². The fourth-order valence-corrected chi connectivity index (χ4v) is 5.95. The van der Waals surface area contributed by atoms with E-state index in [4.69, 9.17) is 0 Å². The van der Waals surface area contributed by atoms with Gasteiger partial charge in [0.1, 0.15) is 0 Å². The normalized spacial score (nSPS) is 12.2. The molecular formula is C32H20BN5. The minimum Gasteiger partial charge on any atom is -0.309 e. The van der Waals surface area contributed by atoms with E-state index in [1.807, 2.05) is 49.6 Å². The monoisotopic (exact) mass is 485 g/mol. The fourth-order valence-electron chi connectivity index (χ4n) is 5.95. The van der Waals surface area contributed by atoms with E-state index >= 15 is 0 Å². The summed E-state index contributed by atoms with van der Waals surface area (Å²) in [6.07, 6.45) is 15.2. The molecule has 1 aliphatic rings. The zero-order chi connectivity index (χ0) is 25.1. The van der Waals surface area contributed by atoms with Crippen LogP contribution in [0, 0.1) is 0 Å². The van der Waals surface area contributed by atoms with E-state index in [1.165, 1.54) is 38.6 Å². The number of rotatable bonds is 3. The van der Waals surface area contributed by atoms with E-state index in [-0.39, 0.29) is 6.71 Å². The molecule has 0 spiro atoms. The van der Waals surface area contributed by atoms with Crippen LogP contribution in [0.25, 0.3) is 49.7 Å². The largest absolute Gasteiger partial charge is 0.309 e. The Hall–Kier alpha value is -5.10. The Balaban J connectivity index is 1.16. The van der Waals surface area contributed by atoms with Crippen molar-refractivity contribution >= 4 is 44.9 Å². The van der Waals surface area contributed by atoms with Gasteiger partial charge in [-0.2, -0.15) is 0 Å².